The van der Waals surface area contributed by atoms with Crippen molar-refractivity contribution in [1.82, 2.24) is 9.38 Å². The molecule has 0 N–H and O–H groups in total. The maximum atomic E-state index is 13.2. The topological polar surface area (TPSA) is 34.4 Å². The summed E-state index contributed by atoms with van der Waals surface area (Å²) in [5.41, 5.74) is 1.83. The predicted molar refractivity (Wildman–Crippen MR) is 69.5 cm³/mol. The number of aryl methyl sites for hydroxylation is 1. The summed E-state index contributed by atoms with van der Waals surface area (Å²) in [7, 11) is 0. The van der Waals surface area contributed by atoms with Gasteiger partial charge in [-0.25, -0.2) is 9.37 Å². The highest BCUT2D eigenvalue weighted by Crippen LogP contribution is 2.19. The van der Waals surface area contributed by atoms with Gasteiger partial charge < -0.3 is 0 Å². The van der Waals surface area contributed by atoms with E-state index in [0.717, 1.165) is 5.69 Å². The van der Waals surface area contributed by atoms with E-state index in [2.05, 4.69) is 4.98 Å². The summed E-state index contributed by atoms with van der Waals surface area (Å²) in [4.78, 5) is 17.0. The Labute approximate surface area is 106 Å². The molecule has 0 amide bonds. The number of halogens is 1. The van der Waals surface area contributed by atoms with Gasteiger partial charge in [0.05, 0.1) is 5.69 Å². The van der Waals surface area contributed by atoms with Gasteiger partial charge in [-0.15, -0.1) is 11.3 Å². The molecule has 0 bridgehead atoms. The molecule has 0 saturated heterocycles. The summed E-state index contributed by atoms with van der Waals surface area (Å²) >= 11 is 1.40. The van der Waals surface area contributed by atoms with Crippen molar-refractivity contribution in [2.75, 3.05) is 0 Å². The lowest BCUT2D eigenvalue weighted by Gasteiger charge is -2.01. The number of fused-ring (bicyclic) bond motifs is 1. The third-order valence-corrected chi connectivity index (χ3v) is 3.64. The van der Waals surface area contributed by atoms with E-state index in [9.17, 15) is 9.18 Å². The van der Waals surface area contributed by atoms with E-state index in [1.54, 1.807) is 16.5 Å². The summed E-state index contributed by atoms with van der Waals surface area (Å²) in [6, 6.07) is 7.51. The minimum atomic E-state index is -0.336. The molecule has 5 heteroatoms. The van der Waals surface area contributed by atoms with Gasteiger partial charge in [0.1, 0.15) is 5.82 Å². The van der Waals surface area contributed by atoms with Crippen LogP contribution in [0.15, 0.2) is 40.5 Å². The van der Waals surface area contributed by atoms with Gasteiger partial charge in [0.25, 0.3) is 5.56 Å². The predicted octanol–water partition coefficient (Wildman–Crippen LogP) is 2.87. The molecule has 0 spiro atoms. The summed E-state index contributed by atoms with van der Waals surface area (Å²) < 4.78 is 14.7. The Bertz CT molecular complexity index is 791. The third kappa shape index (κ3) is 1.73. The van der Waals surface area contributed by atoms with Crippen LogP contribution in [-0.2, 0) is 0 Å². The van der Waals surface area contributed by atoms with Crippen LogP contribution in [0.5, 0.6) is 0 Å². The van der Waals surface area contributed by atoms with Crippen LogP contribution in [0, 0.1) is 12.7 Å². The summed E-state index contributed by atoms with van der Waals surface area (Å²) in [6.45, 7) is 1.86. The molecule has 1 aromatic carbocycles. The molecule has 3 aromatic rings. The van der Waals surface area contributed by atoms with E-state index >= 15 is 0 Å². The lowest BCUT2D eigenvalue weighted by molar-refractivity contribution is 0.628. The molecule has 0 unspecified atom stereocenters. The van der Waals surface area contributed by atoms with Gasteiger partial charge in [-0.1, -0.05) is 12.1 Å². The summed E-state index contributed by atoms with van der Waals surface area (Å²) in [5, 5.41) is 1.87. The number of hydrogen-bond donors (Lipinski definition) is 0. The van der Waals surface area contributed by atoms with Gasteiger partial charge in [0.2, 0.25) is 0 Å². The number of nitrogens with zero attached hydrogens (tertiary/aromatic N) is 2. The van der Waals surface area contributed by atoms with E-state index in [4.69, 9.17) is 0 Å². The average Bonchev–Trinajstić information content (AvgIpc) is 2.71. The van der Waals surface area contributed by atoms with Crippen LogP contribution < -0.4 is 5.56 Å². The number of benzene rings is 1. The van der Waals surface area contributed by atoms with Crippen LogP contribution in [0.1, 0.15) is 5.69 Å². The molecular formula is C13H9FN2OS. The van der Waals surface area contributed by atoms with Crippen molar-refractivity contribution < 1.29 is 4.39 Å². The molecule has 2 aromatic heterocycles. The van der Waals surface area contributed by atoms with Gasteiger partial charge in [-0.3, -0.25) is 9.20 Å². The fourth-order valence-electron chi connectivity index (χ4n) is 1.85. The second-order valence-corrected chi connectivity index (χ2v) is 4.82. The first-order valence-corrected chi connectivity index (χ1v) is 6.27. The Morgan fingerprint density at radius 1 is 1.33 bits per heavy atom. The van der Waals surface area contributed by atoms with Crippen LogP contribution in [0.25, 0.3) is 16.2 Å². The molecule has 90 valence electrons. The van der Waals surface area contributed by atoms with Crippen molar-refractivity contribution >= 4 is 16.3 Å². The molecule has 0 atom stereocenters. The SMILES string of the molecule is Cc1csc2nc(-c3cccc(F)c3)cc(=O)n12. The largest absolute Gasteiger partial charge is 0.269 e. The third-order valence-electron chi connectivity index (χ3n) is 2.70. The van der Waals surface area contributed by atoms with Crippen molar-refractivity contribution in [3.05, 3.63) is 57.6 Å². The highest BCUT2D eigenvalue weighted by Gasteiger charge is 2.08. The van der Waals surface area contributed by atoms with E-state index in [1.807, 2.05) is 12.3 Å². The van der Waals surface area contributed by atoms with Crippen molar-refractivity contribution in [2.24, 2.45) is 0 Å². The highest BCUT2D eigenvalue weighted by atomic mass is 32.1. The fraction of sp³-hybridized carbons (Fsp3) is 0.0769. The zero-order valence-electron chi connectivity index (χ0n) is 9.55. The molecule has 0 aliphatic heterocycles. The second-order valence-electron chi connectivity index (χ2n) is 3.99. The Hall–Kier alpha value is -2.01. The summed E-state index contributed by atoms with van der Waals surface area (Å²) in [5.74, 6) is -0.336. The molecule has 0 aliphatic rings. The Balaban J connectivity index is 2.28. The number of aromatic nitrogens is 2. The molecule has 0 aliphatic carbocycles. The van der Waals surface area contributed by atoms with Crippen molar-refractivity contribution in [3.63, 3.8) is 0 Å². The Morgan fingerprint density at radius 3 is 2.94 bits per heavy atom. The molecule has 0 radical (unpaired) electrons. The minimum Gasteiger partial charge on any atom is -0.269 e. The highest BCUT2D eigenvalue weighted by molar-refractivity contribution is 7.15. The van der Waals surface area contributed by atoms with Crippen LogP contribution >= 0.6 is 11.3 Å². The average molecular weight is 260 g/mol. The monoisotopic (exact) mass is 260 g/mol. The van der Waals surface area contributed by atoms with E-state index in [0.29, 0.717) is 16.2 Å². The van der Waals surface area contributed by atoms with E-state index in [-0.39, 0.29) is 11.4 Å². The lowest BCUT2D eigenvalue weighted by Crippen LogP contribution is -2.13. The fourth-order valence-corrected chi connectivity index (χ4v) is 2.72. The van der Waals surface area contributed by atoms with Crippen LogP contribution in [-0.4, -0.2) is 9.38 Å². The zero-order chi connectivity index (χ0) is 12.7. The maximum Gasteiger partial charge on any atom is 0.259 e. The van der Waals surface area contributed by atoms with Crippen LogP contribution in [0.2, 0.25) is 0 Å². The molecule has 3 nitrogen and oxygen atoms in total. The first kappa shape index (κ1) is 11.1. The van der Waals surface area contributed by atoms with E-state index < -0.39 is 0 Å². The first-order valence-electron chi connectivity index (χ1n) is 5.39. The maximum absolute atomic E-state index is 13.2. The Morgan fingerprint density at radius 2 is 2.17 bits per heavy atom. The van der Waals surface area contributed by atoms with Gasteiger partial charge >= 0.3 is 0 Å². The smallest absolute Gasteiger partial charge is 0.259 e. The molecule has 3 rings (SSSR count). The molecular weight excluding hydrogens is 251 g/mol. The van der Waals surface area contributed by atoms with Gasteiger partial charge in [0.15, 0.2) is 4.96 Å². The van der Waals surface area contributed by atoms with Crippen molar-refractivity contribution in [1.29, 1.82) is 0 Å². The quantitative estimate of drug-likeness (QED) is 0.674. The number of hydrogen-bond acceptors (Lipinski definition) is 3. The molecule has 0 saturated carbocycles. The van der Waals surface area contributed by atoms with Crippen LogP contribution in [0.3, 0.4) is 0 Å². The van der Waals surface area contributed by atoms with Crippen molar-refractivity contribution in [3.8, 4) is 11.3 Å². The Kier molecular flexibility index (Phi) is 2.48. The second kappa shape index (κ2) is 4.03. The minimum absolute atomic E-state index is 0.141. The summed E-state index contributed by atoms with van der Waals surface area (Å²) in [6.07, 6.45) is 0. The molecule has 0 fully saturated rings. The molecule has 2 heterocycles. The number of thiazole rings is 1. The standard InChI is InChI=1S/C13H9FN2OS/c1-8-7-18-13-15-11(6-12(17)16(8)13)9-3-2-4-10(14)5-9/h2-7H,1H3. The van der Waals surface area contributed by atoms with Gasteiger partial charge in [-0.05, 0) is 19.1 Å². The first-order chi connectivity index (χ1) is 8.65. The van der Waals surface area contributed by atoms with Gasteiger partial charge in [-0.2, -0.15) is 0 Å². The molecule has 18 heavy (non-hydrogen) atoms. The lowest BCUT2D eigenvalue weighted by atomic mass is 10.1. The van der Waals surface area contributed by atoms with Crippen molar-refractivity contribution in [2.45, 2.75) is 6.92 Å². The van der Waals surface area contributed by atoms with Crippen LogP contribution in [0.4, 0.5) is 4.39 Å². The van der Waals surface area contributed by atoms with E-state index in [1.165, 1.54) is 29.5 Å². The number of rotatable bonds is 1. The zero-order valence-corrected chi connectivity index (χ0v) is 10.4. The normalized spacial score (nSPS) is 11.0. The van der Waals surface area contributed by atoms with Gasteiger partial charge in [0, 0.05) is 22.7 Å².